The average Bonchev–Trinajstić information content (AvgIpc) is 2.84. The second kappa shape index (κ2) is 5.96. The van der Waals surface area contributed by atoms with Gasteiger partial charge in [-0.1, -0.05) is 6.92 Å². The second-order valence-electron chi connectivity index (χ2n) is 4.78. The van der Waals surface area contributed by atoms with Crippen molar-refractivity contribution >= 4 is 11.4 Å². The van der Waals surface area contributed by atoms with Crippen LogP contribution in [0.2, 0.25) is 0 Å². The third kappa shape index (κ3) is 2.88. The molecule has 1 aromatic carbocycles. The van der Waals surface area contributed by atoms with Crippen LogP contribution in [0.25, 0.3) is 0 Å². The van der Waals surface area contributed by atoms with Crippen LogP contribution in [0.5, 0.6) is 5.75 Å². The molecule has 1 atom stereocenters. The summed E-state index contributed by atoms with van der Waals surface area (Å²) in [6.07, 6.45) is 3.13. The summed E-state index contributed by atoms with van der Waals surface area (Å²) in [5.41, 5.74) is 7.68. The van der Waals surface area contributed by atoms with Crippen molar-refractivity contribution in [2.75, 3.05) is 30.4 Å². The van der Waals surface area contributed by atoms with Crippen molar-refractivity contribution in [3.05, 3.63) is 18.2 Å². The summed E-state index contributed by atoms with van der Waals surface area (Å²) in [7, 11) is 0. The van der Waals surface area contributed by atoms with Gasteiger partial charge in [0.1, 0.15) is 5.75 Å². The van der Waals surface area contributed by atoms with E-state index in [0.717, 1.165) is 37.2 Å². The van der Waals surface area contributed by atoms with Crippen molar-refractivity contribution < 1.29 is 9.84 Å². The summed E-state index contributed by atoms with van der Waals surface area (Å²) in [5, 5.41) is 9.37. The zero-order chi connectivity index (χ0) is 13.0. The molecule has 4 nitrogen and oxygen atoms in total. The maximum absolute atomic E-state index is 9.37. The van der Waals surface area contributed by atoms with Crippen molar-refractivity contribution in [3.8, 4) is 5.75 Å². The molecule has 0 radical (unpaired) electrons. The molecule has 1 aromatic rings. The van der Waals surface area contributed by atoms with E-state index < -0.39 is 0 Å². The van der Waals surface area contributed by atoms with Crippen molar-refractivity contribution in [3.63, 3.8) is 0 Å². The minimum absolute atomic E-state index is 0.194. The molecule has 0 spiro atoms. The van der Waals surface area contributed by atoms with Crippen molar-refractivity contribution in [2.24, 2.45) is 0 Å². The van der Waals surface area contributed by atoms with Crippen molar-refractivity contribution in [2.45, 2.75) is 32.2 Å². The SMILES string of the molecule is CCCOc1cc(N)cc(N2CCCC2CO)c1. The zero-order valence-corrected chi connectivity index (χ0v) is 10.9. The lowest BCUT2D eigenvalue weighted by Gasteiger charge is -2.26. The highest BCUT2D eigenvalue weighted by molar-refractivity contribution is 5.61. The van der Waals surface area contributed by atoms with Crippen LogP contribution >= 0.6 is 0 Å². The van der Waals surface area contributed by atoms with Gasteiger partial charge in [-0.3, -0.25) is 0 Å². The van der Waals surface area contributed by atoms with Gasteiger partial charge in [0.2, 0.25) is 0 Å². The molecule has 0 bridgehead atoms. The molecule has 1 fully saturated rings. The number of aliphatic hydroxyl groups is 1. The molecular formula is C14H22N2O2. The van der Waals surface area contributed by atoms with Crippen LogP contribution < -0.4 is 15.4 Å². The fourth-order valence-electron chi connectivity index (χ4n) is 2.44. The van der Waals surface area contributed by atoms with Gasteiger partial charge in [0, 0.05) is 30.1 Å². The van der Waals surface area contributed by atoms with Gasteiger partial charge in [0.05, 0.1) is 19.3 Å². The van der Waals surface area contributed by atoms with Gasteiger partial charge in [-0.25, -0.2) is 0 Å². The van der Waals surface area contributed by atoms with Crippen LogP contribution in [0.15, 0.2) is 18.2 Å². The Morgan fingerprint density at radius 1 is 1.44 bits per heavy atom. The minimum atomic E-state index is 0.194. The van der Waals surface area contributed by atoms with Crippen LogP contribution in [0, 0.1) is 0 Å². The van der Waals surface area contributed by atoms with E-state index in [-0.39, 0.29) is 12.6 Å². The molecule has 100 valence electrons. The number of hydrogen-bond acceptors (Lipinski definition) is 4. The highest BCUT2D eigenvalue weighted by Gasteiger charge is 2.24. The predicted molar refractivity (Wildman–Crippen MR) is 74.1 cm³/mol. The Balaban J connectivity index is 2.18. The molecule has 0 saturated carbocycles. The number of nitrogens with two attached hydrogens (primary N) is 1. The van der Waals surface area contributed by atoms with E-state index in [4.69, 9.17) is 10.5 Å². The van der Waals surface area contributed by atoms with E-state index in [1.165, 1.54) is 0 Å². The molecule has 1 aliphatic heterocycles. The number of aliphatic hydroxyl groups excluding tert-OH is 1. The lowest BCUT2D eigenvalue weighted by Crippen LogP contribution is -2.32. The molecule has 1 unspecified atom stereocenters. The smallest absolute Gasteiger partial charge is 0.123 e. The lowest BCUT2D eigenvalue weighted by molar-refractivity contribution is 0.266. The molecule has 1 aliphatic rings. The van der Waals surface area contributed by atoms with Gasteiger partial charge in [0.25, 0.3) is 0 Å². The monoisotopic (exact) mass is 250 g/mol. The topological polar surface area (TPSA) is 58.7 Å². The van der Waals surface area contributed by atoms with Crippen molar-refractivity contribution in [1.82, 2.24) is 0 Å². The molecule has 0 amide bonds. The first-order valence-corrected chi connectivity index (χ1v) is 6.65. The van der Waals surface area contributed by atoms with Gasteiger partial charge in [-0.2, -0.15) is 0 Å². The highest BCUT2D eigenvalue weighted by atomic mass is 16.5. The van der Waals surface area contributed by atoms with Gasteiger partial charge >= 0.3 is 0 Å². The van der Waals surface area contributed by atoms with E-state index in [2.05, 4.69) is 11.8 Å². The third-order valence-corrected chi connectivity index (χ3v) is 3.31. The first-order chi connectivity index (χ1) is 8.74. The molecule has 0 aliphatic carbocycles. The summed E-state index contributed by atoms with van der Waals surface area (Å²) in [6.45, 7) is 3.95. The molecule has 2 rings (SSSR count). The maximum atomic E-state index is 9.37. The predicted octanol–water partition coefficient (Wildman–Crippen LogP) is 2.02. The largest absolute Gasteiger partial charge is 0.493 e. The quantitative estimate of drug-likeness (QED) is 0.785. The molecule has 3 N–H and O–H groups in total. The Hall–Kier alpha value is -1.42. The Morgan fingerprint density at radius 3 is 3.00 bits per heavy atom. The lowest BCUT2D eigenvalue weighted by atomic mass is 10.2. The maximum Gasteiger partial charge on any atom is 0.123 e. The van der Waals surface area contributed by atoms with E-state index >= 15 is 0 Å². The van der Waals surface area contributed by atoms with Crippen molar-refractivity contribution in [1.29, 1.82) is 0 Å². The van der Waals surface area contributed by atoms with E-state index in [9.17, 15) is 5.11 Å². The Bertz CT molecular complexity index is 395. The number of hydrogen-bond donors (Lipinski definition) is 2. The molecule has 1 heterocycles. The highest BCUT2D eigenvalue weighted by Crippen LogP contribution is 2.30. The molecule has 18 heavy (non-hydrogen) atoms. The summed E-state index contributed by atoms with van der Waals surface area (Å²) < 4.78 is 5.64. The van der Waals surface area contributed by atoms with Crippen LogP contribution in [0.1, 0.15) is 26.2 Å². The Labute approximate surface area is 108 Å². The second-order valence-corrected chi connectivity index (χ2v) is 4.78. The fraction of sp³-hybridized carbons (Fsp3) is 0.571. The van der Waals surface area contributed by atoms with Gasteiger partial charge < -0.3 is 20.5 Å². The van der Waals surface area contributed by atoms with Gasteiger partial charge in [-0.15, -0.1) is 0 Å². The number of nitrogen functional groups attached to an aromatic ring is 1. The number of anilines is 2. The number of rotatable bonds is 5. The zero-order valence-electron chi connectivity index (χ0n) is 10.9. The van der Waals surface area contributed by atoms with E-state index in [0.29, 0.717) is 12.3 Å². The van der Waals surface area contributed by atoms with Gasteiger partial charge in [0.15, 0.2) is 0 Å². The summed E-state index contributed by atoms with van der Waals surface area (Å²) >= 11 is 0. The minimum Gasteiger partial charge on any atom is -0.493 e. The number of nitrogens with zero attached hydrogens (tertiary/aromatic N) is 1. The number of benzene rings is 1. The van der Waals surface area contributed by atoms with Crippen LogP contribution in [-0.4, -0.2) is 30.9 Å². The normalized spacial score (nSPS) is 19.2. The van der Waals surface area contributed by atoms with Crippen LogP contribution in [-0.2, 0) is 0 Å². The van der Waals surface area contributed by atoms with E-state index in [1.807, 2.05) is 18.2 Å². The Morgan fingerprint density at radius 2 is 2.28 bits per heavy atom. The van der Waals surface area contributed by atoms with Crippen LogP contribution in [0.4, 0.5) is 11.4 Å². The first-order valence-electron chi connectivity index (χ1n) is 6.65. The molecule has 4 heteroatoms. The summed E-state index contributed by atoms with van der Waals surface area (Å²) in [6, 6.07) is 6.03. The average molecular weight is 250 g/mol. The standard InChI is InChI=1S/C14H22N2O2/c1-2-6-18-14-8-11(15)7-13(9-14)16-5-3-4-12(16)10-17/h7-9,12,17H,2-6,10,15H2,1H3. The number of ether oxygens (including phenoxy) is 1. The summed E-state index contributed by atoms with van der Waals surface area (Å²) in [4.78, 5) is 2.22. The van der Waals surface area contributed by atoms with E-state index in [1.54, 1.807) is 0 Å². The summed E-state index contributed by atoms with van der Waals surface area (Å²) in [5.74, 6) is 0.815. The first kappa shape index (κ1) is 13.0. The Kier molecular flexibility index (Phi) is 4.31. The molecule has 0 aromatic heterocycles. The van der Waals surface area contributed by atoms with Crippen LogP contribution in [0.3, 0.4) is 0 Å². The molecule has 1 saturated heterocycles. The third-order valence-electron chi connectivity index (χ3n) is 3.31. The fourth-order valence-corrected chi connectivity index (χ4v) is 2.44. The van der Waals surface area contributed by atoms with Gasteiger partial charge in [-0.05, 0) is 25.3 Å². The molecular weight excluding hydrogens is 228 g/mol.